The highest BCUT2D eigenvalue weighted by Crippen LogP contribution is 2.33. The van der Waals surface area contributed by atoms with Gasteiger partial charge in [-0.1, -0.05) is 49.1 Å². The molecule has 0 nitrogen and oxygen atoms in total. The van der Waals surface area contributed by atoms with Crippen LogP contribution in [0.2, 0.25) is 0 Å². The van der Waals surface area contributed by atoms with E-state index in [0.717, 1.165) is 6.42 Å². The van der Waals surface area contributed by atoms with Crippen molar-refractivity contribution in [3.8, 4) is 0 Å². The molecule has 0 spiro atoms. The first-order valence-corrected chi connectivity index (χ1v) is 6.82. The van der Waals surface area contributed by atoms with Crippen molar-refractivity contribution < 1.29 is 0 Å². The molecule has 1 aliphatic rings. The number of rotatable bonds is 4. The lowest BCUT2D eigenvalue weighted by atomic mass is 10.1. The molecule has 0 atom stereocenters. The molecule has 0 aromatic rings. The Balaban J connectivity index is 2.98. The molecular weight excluding hydrogens is 224 g/mol. The largest absolute Gasteiger partial charge is 0.105 e. The van der Waals surface area contributed by atoms with E-state index in [-0.39, 0.29) is 0 Å². The summed E-state index contributed by atoms with van der Waals surface area (Å²) in [5.74, 6) is 0. The minimum Gasteiger partial charge on any atom is -0.105 e. The van der Waals surface area contributed by atoms with Gasteiger partial charge in [0, 0.05) is 4.91 Å². The second kappa shape index (κ2) is 7.21. The summed E-state index contributed by atoms with van der Waals surface area (Å²) in [5.41, 5.74) is 5.97. The summed E-state index contributed by atoms with van der Waals surface area (Å²) in [5, 5.41) is 0. The smallest absolute Gasteiger partial charge is 0.0572 e. The fourth-order valence-corrected chi connectivity index (χ4v) is 2.59. The molecule has 0 amide bonds. The van der Waals surface area contributed by atoms with E-state index in [9.17, 15) is 0 Å². The van der Waals surface area contributed by atoms with E-state index in [1.54, 1.807) is 11.8 Å². The topological polar surface area (TPSA) is 0 Å². The quantitative estimate of drug-likeness (QED) is 0.462. The second-order valence-electron chi connectivity index (χ2n) is 3.92. The summed E-state index contributed by atoms with van der Waals surface area (Å²) in [6, 6.07) is 0. The summed E-state index contributed by atoms with van der Waals surface area (Å²) < 4.78 is 0. The van der Waals surface area contributed by atoms with Crippen molar-refractivity contribution in [1.29, 1.82) is 0 Å². The average molecular weight is 244 g/mol. The van der Waals surface area contributed by atoms with Crippen molar-refractivity contribution in [2.75, 3.05) is 0 Å². The fourth-order valence-electron chi connectivity index (χ4n) is 1.46. The van der Waals surface area contributed by atoms with Gasteiger partial charge >= 0.3 is 0 Å². The first-order chi connectivity index (χ1) is 8.19. The Morgan fingerprint density at radius 1 is 1.41 bits per heavy atom. The molecule has 0 unspecified atom stereocenters. The Bertz CT molecular complexity index is 450. The van der Waals surface area contributed by atoms with Gasteiger partial charge in [0.1, 0.15) is 0 Å². The van der Waals surface area contributed by atoms with Crippen LogP contribution in [0.25, 0.3) is 0 Å². The van der Waals surface area contributed by atoms with Crippen LogP contribution in [0.1, 0.15) is 34.1 Å². The highest BCUT2D eigenvalue weighted by molar-refractivity contribution is 8.07. The maximum Gasteiger partial charge on any atom is 0.0572 e. The Morgan fingerprint density at radius 2 is 2.18 bits per heavy atom. The molecule has 0 heterocycles. The lowest BCUT2D eigenvalue weighted by Crippen LogP contribution is -1.84. The van der Waals surface area contributed by atoms with E-state index in [4.69, 9.17) is 0 Å². The number of allylic oxidation sites excluding steroid dienone is 7. The first kappa shape index (κ1) is 13.9. The van der Waals surface area contributed by atoms with Crippen LogP contribution in [-0.2, 0) is 0 Å². The van der Waals surface area contributed by atoms with Crippen molar-refractivity contribution in [3.05, 3.63) is 63.1 Å². The van der Waals surface area contributed by atoms with Crippen molar-refractivity contribution in [2.24, 2.45) is 0 Å². The van der Waals surface area contributed by atoms with E-state index in [1.165, 1.54) is 21.0 Å². The summed E-state index contributed by atoms with van der Waals surface area (Å²) in [4.78, 5) is 2.50. The third-order valence-corrected chi connectivity index (χ3v) is 3.71. The summed E-state index contributed by atoms with van der Waals surface area (Å²) in [6.07, 6.45) is 13.7. The third-order valence-electron chi connectivity index (χ3n) is 2.55. The molecule has 0 aromatic heterocycles. The van der Waals surface area contributed by atoms with E-state index in [2.05, 4.69) is 57.7 Å². The molecule has 1 heteroatoms. The monoisotopic (exact) mass is 244 g/mol. The molecule has 0 saturated carbocycles. The number of hydrogen-bond donors (Lipinski definition) is 0. The highest BCUT2D eigenvalue weighted by atomic mass is 32.2. The van der Waals surface area contributed by atoms with Crippen molar-refractivity contribution in [1.82, 2.24) is 0 Å². The van der Waals surface area contributed by atoms with Gasteiger partial charge < -0.3 is 0 Å². The van der Waals surface area contributed by atoms with E-state index < -0.39 is 0 Å². The predicted molar refractivity (Wildman–Crippen MR) is 79.9 cm³/mol. The van der Waals surface area contributed by atoms with Crippen molar-refractivity contribution >= 4 is 11.8 Å². The fraction of sp³-hybridized carbons (Fsp3) is 0.312. The van der Waals surface area contributed by atoms with Crippen LogP contribution in [0.3, 0.4) is 0 Å². The third kappa shape index (κ3) is 4.30. The molecule has 0 aromatic carbocycles. The Labute approximate surface area is 109 Å². The van der Waals surface area contributed by atoms with Gasteiger partial charge in [-0.3, -0.25) is 0 Å². The molecule has 0 fully saturated rings. The molecular formula is C16H20S. The van der Waals surface area contributed by atoms with Gasteiger partial charge in [0.2, 0.25) is 0 Å². The van der Waals surface area contributed by atoms with Gasteiger partial charge in [0.15, 0.2) is 0 Å². The molecule has 17 heavy (non-hydrogen) atoms. The Morgan fingerprint density at radius 3 is 2.82 bits per heavy atom. The SMILES string of the molecule is C/C=C\C(=C/CC)SC1=C=CC=CC(C)=C1C. The summed E-state index contributed by atoms with van der Waals surface area (Å²) in [7, 11) is 0. The van der Waals surface area contributed by atoms with Crippen molar-refractivity contribution in [2.45, 2.75) is 34.1 Å². The second-order valence-corrected chi connectivity index (χ2v) is 5.01. The average Bonchev–Trinajstić information content (AvgIpc) is 2.45. The molecule has 0 radical (unpaired) electrons. The molecule has 0 N–H and O–H groups in total. The van der Waals surface area contributed by atoms with Crippen LogP contribution in [0.5, 0.6) is 0 Å². The van der Waals surface area contributed by atoms with Crippen LogP contribution >= 0.6 is 11.8 Å². The standard InChI is InChI=1S/C16H20S/c1-5-9-15(10-6-2)17-16-12-8-7-11-13(3)14(16)4/h5,7-11H,6H2,1-4H3/b9-5-,15-10+. The summed E-state index contributed by atoms with van der Waals surface area (Å²) >= 11 is 1.79. The van der Waals surface area contributed by atoms with Crippen LogP contribution in [0.15, 0.2) is 63.1 Å². The van der Waals surface area contributed by atoms with Crippen molar-refractivity contribution in [3.63, 3.8) is 0 Å². The number of thioether (sulfide) groups is 1. The van der Waals surface area contributed by atoms with Gasteiger partial charge in [-0.05, 0) is 44.4 Å². The predicted octanol–water partition coefficient (Wildman–Crippen LogP) is 5.53. The zero-order chi connectivity index (χ0) is 12.7. The maximum absolute atomic E-state index is 3.34. The lowest BCUT2D eigenvalue weighted by molar-refractivity contribution is 1.22. The first-order valence-electron chi connectivity index (χ1n) is 6.01. The zero-order valence-electron chi connectivity index (χ0n) is 11.1. The van der Waals surface area contributed by atoms with Crippen LogP contribution in [0.4, 0.5) is 0 Å². The lowest BCUT2D eigenvalue weighted by Gasteiger charge is -2.07. The molecule has 90 valence electrons. The van der Waals surface area contributed by atoms with Gasteiger partial charge in [-0.2, -0.15) is 0 Å². The zero-order valence-corrected chi connectivity index (χ0v) is 11.9. The van der Waals surface area contributed by atoms with Crippen LogP contribution in [-0.4, -0.2) is 0 Å². The van der Waals surface area contributed by atoms with Gasteiger partial charge in [0.05, 0.1) is 4.91 Å². The molecule has 0 saturated heterocycles. The van der Waals surface area contributed by atoms with E-state index in [1.807, 2.05) is 12.2 Å². The molecule has 0 aliphatic heterocycles. The Kier molecular flexibility index (Phi) is 5.90. The molecule has 0 bridgehead atoms. The van der Waals surface area contributed by atoms with E-state index in [0.29, 0.717) is 0 Å². The summed E-state index contributed by atoms with van der Waals surface area (Å²) in [6.45, 7) is 8.52. The van der Waals surface area contributed by atoms with Gasteiger partial charge in [0.25, 0.3) is 0 Å². The maximum atomic E-state index is 3.34. The van der Waals surface area contributed by atoms with Crippen LogP contribution in [0, 0.1) is 0 Å². The minimum atomic E-state index is 1.06. The number of hydrogen-bond acceptors (Lipinski definition) is 1. The van der Waals surface area contributed by atoms with Gasteiger partial charge in [-0.25, -0.2) is 0 Å². The Hall–Kier alpha value is -1.17. The van der Waals surface area contributed by atoms with E-state index >= 15 is 0 Å². The molecule has 1 aliphatic carbocycles. The highest BCUT2D eigenvalue weighted by Gasteiger charge is 2.06. The van der Waals surface area contributed by atoms with Crippen LogP contribution < -0.4 is 0 Å². The normalized spacial score (nSPS) is 16.7. The minimum absolute atomic E-state index is 1.06. The van der Waals surface area contributed by atoms with Gasteiger partial charge in [-0.15, -0.1) is 5.73 Å². The molecule has 1 rings (SSSR count).